The van der Waals surface area contributed by atoms with Crippen molar-refractivity contribution in [3.05, 3.63) is 144 Å². The minimum Gasteiger partial charge on any atom is -0.369 e. The molecule has 0 amide bonds. The average molecular weight is 632 g/mol. The first-order valence-corrected chi connectivity index (χ1v) is 16.6. The summed E-state index contributed by atoms with van der Waals surface area (Å²) in [5.41, 5.74) is 3.70. The van der Waals surface area contributed by atoms with Gasteiger partial charge in [0.05, 0.1) is 38.6 Å². The molecule has 238 valence electrons. The molecule has 1 aliphatic heterocycles. The van der Waals surface area contributed by atoms with Gasteiger partial charge in [0.2, 0.25) is 0 Å². The Balaban J connectivity index is 1.41. The van der Waals surface area contributed by atoms with E-state index >= 15 is 0 Å². The van der Waals surface area contributed by atoms with Crippen molar-refractivity contribution in [3.63, 3.8) is 0 Å². The third-order valence-corrected chi connectivity index (χ3v) is 8.97. The first-order chi connectivity index (χ1) is 21.9. The highest BCUT2D eigenvalue weighted by Gasteiger charge is 2.50. The maximum Gasteiger partial charge on any atom is 0.477 e. The van der Waals surface area contributed by atoms with E-state index in [2.05, 4.69) is 0 Å². The van der Waals surface area contributed by atoms with Crippen LogP contribution in [0.25, 0.3) is 0 Å². The van der Waals surface area contributed by atoms with Crippen LogP contribution in [0.1, 0.15) is 29.2 Å². The Labute approximate surface area is 266 Å². The zero-order chi connectivity index (χ0) is 31.5. The van der Waals surface area contributed by atoms with Crippen LogP contribution in [0.3, 0.4) is 0 Å². The van der Waals surface area contributed by atoms with Gasteiger partial charge in [0.15, 0.2) is 6.29 Å². The van der Waals surface area contributed by atoms with Gasteiger partial charge in [-0.05, 0) is 43.3 Å². The van der Waals surface area contributed by atoms with Crippen molar-refractivity contribution >= 4 is 7.82 Å². The highest BCUT2D eigenvalue weighted by Crippen LogP contribution is 2.53. The normalized spacial score (nSPS) is 22.0. The first kappa shape index (κ1) is 33.2. The summed E-state index contributed by atoms with van der Waals surface area (Å²) in [4.78, 5) is 2.04. The molecule has 0 saturated carbocycles. The number of benzene rings is 4. The number of nitrogens with zero attached hydrogens (tertiary/aromatic N) is 1. The SMILES string of the molecule is C[C@H]1O[C@H](OP(=O)(OCc2ccccc2)OCc2ccccc2)[C@H](OCc2ccccc2)[C@@H](N(C)C)[C@@H]1OCc1ccccc1. The number of ether oxygens (including phenoxy) is 3. The van der Waals surface area contributed by atoms with Crippen molar-refractivity contribution < 1.29 is 32.3 Å². The minimum absolute atomic E-state index is 0.0324. The standard InChI is InChI=1S/C36H42NO7P/c1-28-34(39-24-29-16-8-4-9-17-29)33(37(2)3)35(40-25-30-18-10-5-11-19-30)36(43-28)44-45(38,41-26-31-20-12-6-13-21-31)42-27-32-22-14-7-15-23-32/h4-23,28,33-36H,24-27H2,1-3H3/t28-,33+,34-,35-,36-/m1/s1. The molecule has 45 heavy (non-hydrogen) atoms. The number of hydrogen-bond acceptors (Lipinski definition) is 8. The number of phosphoric acid groups is 1. The van der Waals surface area contributed by atoms with Gasteiger partial charge in [-0.3, -0.25) is 13.6 Å². The quantitative estimate of drug-likeness (QED) is 0.126. The van der Waals surface area contributed by atoms with Crippen LogP contribution < -0.4 is 0 Å². The second-order valence-corrected chi connectivity index (χ2v) is 12.9. The molecule has 4 aromatic rings. The molecular formula is C36H42NO7P. The Kier molecular flexibility index (Phi) is 12.1. The highest BCUT2D eigenvalue weighted by molar-refractivity contribution is 7.48. The molecular weight excluding hydrogens is 589 g/mol. The molecule has 4 aromatic carbocycles. The highest BCUT2D eigenvalue weighted by atomic mass is 31.2. The van der Waals surface area contributed by atoms with Crippen molar-refractivity contribution in [2.24, 2.45) is 0 Å². The molecule has 8 nitrogen and oxygen atoms in total. The Morgan fingerprint density at radius 3 is 1.38 bits per heavy atom. The van der Waals surface area contributed by atoms with Crippen molar-refractivity contribution in [2.75, 3.05) is 14.1 Å². The van der Waals surface area contributed by atoms with E-state index in [0.717, 1.165) is 22.3 Å². The van der Waals surface area contributed by atoms with Crippen LogP contribution in [0.2, 0.25) is 0 Å². The fourth-order valence-corrected chi connectivity index (χ4v) is 6.52. The molecule has 0 bridgehead atoms. The van der Waals surface area contributed by atoms with Crippen LogP contribution in [-0.2, 0) is 58.8 Å². The first-order valence-electron chi connectivity index (χ1n) is 15.2. The zero-order valence-electron chi connectivity index (χ0n) is 26.0. The van der Waals surface area contributed by atoms with Crippen LogP contribution in [0, 0.1) is 0 Å². The van der Waals surface area contributed by atoms with Gasteiger partial charge in [0.25, 0.3) is 0 Å². The Hall–Kier alpha value is -3.17. The van der Waals surface area contributed by atoms with Gasteiger partial charge in [-0.2, -0.15) is 0 Å². The van der Waals surface area contributed by atoms with Crippen molar-refractivity contribution in [1.82, 2.24) is 4.90 Å². The molecule has 0 spiro atoms. The lowest BCUT2D eigenvalue weighted by Gasteiger charge is -2.47. The summed E-state index contributed by atoms with van der Waals surface area (Å²) in [5.74, 6) is 0. The van der Waals surface area contributed by atoms with Gasteiger partial charge in [0, 0.05) is 0 Å². The second-order valence-electron chi connectivity index (χ2n) is 11.3. The van der Waals surface area contributed by atoms with Crippen LogP contribution in [-0.4, -0.2) is 49.6 Å². The van der Waals surface area contributed by atoms with Crippen LogP contribution in [0.5, 0.6) is 0 Å². The van der Waals surface area contributed by atoms with E-state index in [1.165, 1.54) is 0 Å². The molecule has 0 radical (unpaired) electrons. The van der Waals surface area contributed by atoms with E-state index in [1.54, 1.807) is 0 Å². The van der Waals surface area contributed by atoms with E-state index in [-0.39, 0.29) is 25.4 Å². The summed E-state index contributed by atoms with van der Waals surface area (Å²) >= 11 is 0. The topological polar surface area (TPSA) is 75.7 Å². The molecule has 0 aromatic heterocycles. The molecule has 0 unspecified atom stereocenters. The molecule has 5 atom stereocenters. The third kappa shape index (κ3) is 9.66. The van der Waals surface area contributed by atoms with Gasteiger partial charge in [0.1, 0.15) is 12.2 Å². The second kappa shape index (κ2) is 16.4. The Morgan fingerprint density at radius 2 is 0.978 bits per heavy atom. The van der Waals surface area contributed by atoms with Gasteiger partial charge in [-0.25, -0.2) is 4.57 Å². The molecule has 9 heteroatoms. The van der Waals surface area contributed by atoms with Crippen molar-refractivity contribution in [3.8, 4) is 0 Å². The van der Waals surface area contributed by atoms with Gasteiger partial charge in [-0.15, -0.1) is 0 Å². The molecule has 0 aliphatic carbocycles. The number of hydrogen-bond donors (Lipinski definition) is 0. The van der Waals surface area contributed by atoms with E-state index in [4.69, 9.17) is 27.8 Å². The van der Waals surface area contributed by atoms with Gasteiger partial charge >= 0.3 is 7.82 Å². The molecule has 0 N–H and O–H groups in total. The zero-order valence-corrected chi connectivity index (χ0v) is 26.9. The van der Waals surface area contributed by atoms with E-state index < -0.39 is 26.3 Å². The lowest BCUT2D eigenvalue weighted by atomic mass is 9.95. The maximum absolute atomic E-state index is 14.4. The third-order valence-electron chi connectivity index (χ3n) is 7.62. The van der Waals surface area contributed by atoms with Crippen molar-refractivity contribution in [2.45, 2.75) is 64.0 Å². The lowest BCUT2D eigenvalue weighted by molar-refractivity contribution is -0.280. The summed E-state index contributed by atoms with van der Waals surface area (Å²) in [7, 11) is -0.248. The van der Waals surface area contributed by atoms with E-state index in [0.29, 0.717) is 13.2 Å². The van der Waals surface area contributed by atoms with Crippen LogP contribution in [0.15, 0.2) is 121 Å². The number of rotatable bonds is 15. The summed E-state index contributed by atoms with van der Waals surface area (Å²) < 4.78 is 52.0. The summed E-state index contributed by atoms with van der Waals surface area (Å²) in [5, 5.41) is 0. The van der Waals surface area contributed by atoms with Crippen molar-refractivity contribution in [1.29, 1.82) is 0 Å². The van der Waals surface area contributed by atoms with Crippen LogP contribution in [0.4, 0.5) is 0 Å². The van der Waals surface area contributed by atoms with E-state index in [9.17, 15) is 4.57 Å². The lowest BCUT2D eigenvalue weighted by Crippen LogP contribution is -2.63. The average Bonchev–Trinajstić information content (AvgIpc) is 3.07. The Morgan fingerprint density at radius 1 is 0.600 bits per heavy atom. The molecule has 1 fully saturated rings. The Bertz CT molecular complexity index is 1410. The summed E-state index contributed by atoms with van der Waals surface area (Å²) in [6, 6.07) is 38.5. The predicted molar refractivity (Wildman–Crippen MR) is 173 cm³/mol. The number of phosphoric ester groups is 1. The molecule has 5 rings (SSSR count). The fraction of sp³-hybridized carbons (Fsp3) is 0.333. The monoisotopic (exact) mass is 631 g/mol. The summed E-state index contributed by atoms with van der Waals surface area (Å²) in [6.07, 6.45) is -2.59. The van der Waals surface area contributed by atoms with Gasteiger partial charge in [-0.1, -0.05) is 121 Å². The fourth-order valence-electron chi connectivity index (χ4n) is 5.29. The molecule has 1 aliphatic rings. The molecule has 1 heterocycles. The minimum atomic E-state index is -4.18. The largest absolute Gasteiger partial charge is 0.477 e. The molecule has 1 saturated heterocycles. The smallest absolute Gasteiger partial charge is 0.369 e. The maximum atomic E-state index is 14.4. The predicted octanol–water partition coefficient (Wildman–Crippen LogP) is 7.39. The number of likely N-dealkylation sites (N-methyl/N-ethyl adjacent to an activating group) is 1. The van der Waals surface area contributed by atoms with E-state index in [1.807, 2.05) is 147 Å². The summed E-state index contributed by atoms with van der Waals surface area (Å²) in [6.45, 7) is 2.68. The van der Waals surface area contributed by atoms with Gasteiger partial charge < -0.3 is 19.1 Å². The van der Waals surface area contributed by atoms with Crippen LogP contribution >= 0.6 is 7.82 Å².